The molecule has 0 saturated heterocycles. The largest absolute Gasteiger partial charge is 0.507 e. The Morgan fingerprint density at radius 1 is 1.11 bits per heavy atom. The number of aromatic hydroxyl groups is 1. The normalized spacial score (nSPS) is 20.2. The number of nitrogens with two attached hydrogens (primary N) is 1. The molecule has 0 atom stereocenters. The summed E-state index contributed by atoms with van der Waals surface area (Å²) in [4.78, 5) is 0. The minimum absolute atomic E-state index is 0.0359. The van der Waals surface area contributed by atoms with Gasteiger partial charge in [0.1, 0.15) is 11.4 Å². The Morgan fingerprint density at radius 2 is 1.86 bits per heavy atom. The molecule has 1 aromatic carbocycles. The SMILES string of the molecule is Cc1ccc(-c2nnc(N)c3c2COC32CCC2)c(O)c1.OC1CCCCC1. The lowest BCUT2D eigenvalue weighted by Crippen LogP contribution is -2.34. The van der Waals surface area contributed by atoms with Crippen LogP contribution >= 0.6 is 0 Å². The Hall–Kier alpha value is -2.18. The Balaban J connectivity index is 0.000000233. The van der Waals surface area contributed by atoms with Gasteiger partial charge in [-0.2, -0.15) is 0 Å². The molecule has 1 aromatic heterocycles. The van der Waals surface area contributed by atoms with Gasteiger partial charge in [0.05, 0.1) is 18.3 Å². The average molecular weight is 383 g/mol. The smallest absolute Gasteiger partial charge is 0.152 e. The lowest BCUT2D eigenvalue weighted by molar-refractivity contribution is -0.0940. The predicted molar refractivity (Wildman–Crippen MR) is 108 cm³/mol. The van der Waals surface area contributed by atoms with E-state index in [0.717, 1.165) is 48.8 Å². The Kier molecular flexibility index (Phi) is 5.25. The molecule has 1 aliphatic heterocycles. The van der Waals surface area contributed by atoms with E-state index in [1.165, 1.54) is 19.3 Å². The fraction of sp³-hybridized carbons (Fsp3) is 0.545. The molecule has 0 amide bonds. The molecule has 2 saturated carbocycles. The summed E-state index contributed by atoms with van der Waals surface area (Å²) in [5, 5.41) is 27.4. The number of phenols is 1. The highest BCUT2D eigenvalue weighted by Gasteiger charge is 2.48. The van der Waals surface area contributed by atoms with Gasteiger partial charge in [-0.05, 0) is 56.7 Å². The van der Waals surface area contributed by atoms with Crippen LogP contribution in [0, 0.1) is 6.92 Å². The van der Waals surface area contributed by atoms with Crippen molar-refractivity contribution in [2.75, 3.05) is 5.73 Å². The molecule has 1 spiro atoms. The van der Waals surface area contributed by atoms with Crippen molar-refractivity contribution in [2.24, 2.45) is 0 Å². The van der Waals surface area contributed by atoms with E-state index in [1.807, 2.05) is 19.1 Å². The van der Waals surface area contributed by atoms with Gasteiger partial charge in [-0.15, -0.1) is 10.2 Å². The van der Waals surface area contributed by atoms with Crippen molar-refractivity contribution in [3.05, 3.63) is 34.9 Å². The average Bonchev–Trinajstić information content (AvgIpc) is 3.06. The number of nitrogen functional groups attached to an aromatic ring is 1. The Labute approximate surface area is 165 Å². The van der Waals surface area contributed by atoms with Crippen LogP contribution in [-0.4, -0.2) is 26.5 Å². The topological polar surface area (TPSA) is 101 Å². The number of fused-ring (bicyclic) bond motifs is 2. The molecule has 0 unspecified atom stereocenters. The fourth-order valence-electron chi connectivity index (χ4n) is 4.45. The van der Waals surface area contributed by atoms with Crippen LogP contribution in [0.25, 0.3) is 11.3 Å². The molecule has 0 radical (unpaired) electrons. The highest BCUT2D eigenvalue weighted by molar-refractivity contribution is 5.73. The molecule has 6 heteroatoms. The van der Waals surface area contributed by atoms with E-state index in [1.54, 1.807) is 6.07 Å². The molecule has 3 aliphatic rings. The molecular weight excluding hydrogens is 354 g/mol. The summed E-state index contributed by atoms with van der Waals surface area (Å²) in [6, 6.07) is 5.56. The third-order valence-corrected chi connectivity index (χ3v) is 6.19. The number of aliphatic hydroxyl groups excluding tert-OH is 1. The molecular formula is C22H29N3O3. The van der Waals surface area contributed by atoms with Crippen LogP contribution < -0.4 is 5.73 Å². The molecule has 28 heavy (non-hydrogen) atoms. The number of hydrogen-bond donors (Lipinski definition) is 3. The third-order valence-electron chi connectivity index (χ3n) is 6.19. The van der Waals surface area contributed by atoms with Crippen molar-refractivity contribution in [1.82, 2.24) is 10.2 Å². The van der Waals surface area contributed by atoms with E-state index in [4.69, 9.17) is 15.6 Å². The van der Waals surface area contributed by atoms with Crippen molar-refractivity contribution in [3.63, 3.8) is 0 Å². The van der Waals surface area contributed by atoms with E-state index in [9.17, 15) is 5.11 Å². The van der Waals surface area contributed by atoms with E-state index < -0.39 is 0 Å². The molecule has 6 nitrogen and oxygen atoms in total. The first-order valence-electron chi connectivity index (χ1n) is 10.3. The van der Waals surface area contributed by atoms with Gasteiger partial charge < -0.3 is 20.7 Å². The number of rotatable bonds is 1. The molecule has 150 valence electrons. The number of phenolic OH excluding ortho intramolecular Hbond substituents is 1. The zero-order valence-corrected chi connectivity index (χ0v) is 16.4. The number of benzene rings is 1. The van der Waals surface area contributed by atoms with Gasteiger partial charge in [-0.1, -0.05) is 25.3 Å². The van der Waals surface area contributed by atoms with Crippen LogP contribution in [0.2, 0.25) is 0 Å². The summed E-state index contributed by atoms with van der Waals surface area (Å²) < 4.78 is 6.01. The van der Waals surface area contributed by atoms with Gasteiger partial charge in [0, 0.05) is 16.7 Å². The number of ether oxygens (including phenoxy) is 1. The van der Waals surface area contributed by atoms with Gasteiger partial charge in [-0.3, -0.25) is 0 Å². The van der Waals surface area contributed by atoms with Gasteiger partial charge in [0.15, 0.2) is 5.82 Å². The summed E-state index contributed by atoms with van der Waals surface area (Å²) >= 11 is 0. The molecule has 4 N–H and O–H groups in total. The summed E-state index contributed by atoms with van der Waals surface area (Å²) in [7, 11) is 0. The monoisotopic (exact) mass is 383 g/mol. The summed E-state index contributed by atoms with van der Waals surface area (Å²) in [6.07, 6.45) is 9.03. The first-order valence-corrected chi connectivity index (χ1v) is 10.3. The van der Waals surface area contributed by atoms with Crippen LogP contribution in [0.15, 0.2) is 18.2 Å². The number of anilines is 1. The highest BCUT2D eigenvalue weighted by Crippen LogP contribution is 2.53. The van der Waals surface area contributed by atoms with Crippen LogP contribution in [0.3, 0.4) is 0 Å². The number of nitrogens with zero attached hydrogens (tertiary/aromatic N) is 2. The molecule has 2 aromatic rings. The molecule has 2 aliphatic carbocycles. The number of hydrogen-bond acceptors (Lipinski definition) is 6. The summed E-state index contributed by atoms with van der Waals surface area (Å²) in [5.41, 5.74) is 10.1. The van der Waals surface area contributed by atoms with Crippen LogP contribution in [0.4, 0.5) is 5.82 Å². The van der Waals surface area contributed by atoms with Crippen molar-refractivity contribution in [2.45, 2.75) is 76.6 Å². The van der Waals surface area contributed by atoms with Gasteiger partial charge in [0.2, 0.25) is 0 Å². The van der Waals surface area contributed by atoms with Gasteiger partial charge >= 0.3 is 0 Å². The number of aliphatic hydroxyl groups is 1. The lowest BCUT2D eigenvalue weighted by Gasteiger charge is -2.38. The Bertz CT molecular complexity index is 858. The second-order valence-electron chi connectivity index (χ2n) is 8.24. The number of aromatic nitrogens is 2. The van der Waals surface area contributed by atoms with E-state index >= 15 is 0 Å². The molecule has 0 bridgehead atoms. The first kappa shape index (κ1) is 19.2. The highest BCUT2D eigenvalue weighted by atomic mass is 16.5. The standard InChI is InChI=1S/C16H17N3O2.C6H12O/c1-9-3-4-10(12(20)7-9)14-11-8-21-16(5-2-6-16)13(11)15(17)19-18-14;7-6-4-2-1-3-5-6/h3-4,7,20H,2,5-6,8H2,1H3,(H2,17,19);6-7H,1-5H2. The first-order chi connectivity index (χ1) is 13.5. The van der Waals surface area contributed by atoms with Gasteiger partial charge in [0.25, 0.3) is 0 Å². The molecule has 2 fully saturated rings. The van der Waals surface area contributed by atoms with Crippen LogP contribution in [0.5, 0.6) is 5.75 Å². The number of aryl methyl sites for hydroxylation is 1. The van der Waals surface area contributed by atoms with Crippen LogP contribution in [-0.2, 0) is 16.9 Å². The van der Waals surface area contributed by atoms with Gasteiger partial charge in [-0.25, -0.2) is 0 Å². The van der Waals surface area contributed by atoms with Crippen molar-refractivity contribution in [3.8, 4) is 17.0 Å². The minimum atomic E-state index is -0.260. The van der Waals surface area contributed by atoms with Crippen molar-refractivity contribution >= 4 is 5.82 Å². The quantitative estimate of drug-likeness (QED) is 0.689. The van der Waals surface area contributed by atoms with E-state index in [-0.39, 0.29) is 17.5 Å². The predicted octanol–water partition coefficient (Wildman–Crippen LogP) is 3.96. The van der Waals surface area contributed by atoms with Crippen molar-refractivity contribution < 1.29 is 14.9 Å². The summed E-state index contributed by atoms with van der Waals surface area (Å²) in [5.74, 6) is 0.670. The van der Waals surface area contributed by atoms with E-state index in [0.29, 0.717) is 23.7 Å². The third kappa shape index (κ3) is 3.47. The molecule has 5 rings (SSSR count). The lowest BCUT2D eigenvalue weighted by atomic mass is 9.74. The fourth-order valence-corrected chi connectivity index (χ4v) is 4.45. The zero-order valence-electron chi connectivity index (χ0n) is 16.4. The van der Waals surface area contributed by atoms with Crippen molar-refractivity contribution in [1.29, 1.82) is 0 Å². The second kappa shape index (κ2) is 7.68. The maximum Gasteiger partial charge on any atom is 0.152 e. The zero-order chi connectivity index (χ0) is 19.7. The van der Waals surface area contributed by atoms with E-state index in [2.05, 4.69) is 10.2 Å². The Morgan fingerprint density at radius 3 is 2.43 bits per heavy atom. The second-order valence-corrected chi connectivity index (χ2v) is 8.24. The van der Waals surface area contributed by atoms with Crippen LogP contribution in [0.1, 0.15) is 68.1 Å². The maximum absolute atomic E-state index is 10.2. The minimum Gasteiger partial charge on any atom is -0.507 e. The summed E-state index contributed by atoms with van der Waals surface area (Å²) in [6.45, 7) is 2.42. The maximum atomic E-state index is 10.2. The molecule has 2 heterocycles.